The number of ether oxygens (including phenoxy) is 1. The molecular formula is C11H16BrNO4. The number of alkyl halides is 1. The first-order valence-electron chi connectivity index (χ1n) is 5.69. The summed E-state index contributed by atoms with van der Waals surface area (Å²) in [5.41, 5.74) is -0.268. The van der Waals surface area contributed by atoms with E-state index in [9.17, 15) is 9.59 Å². The first kappa shape index (κ1) is 14.2. The number of ketones is 1. The van der Waals surface area contributed by atoms with Crippen LogP contribution in [0.2, 0.25) is 0 Å². The fourth-order valence-corrected chi connectivity index (χ4v) is 1.85. The molecule has 0 heterocycles. The van der Waals surface area contributed by atoms with Crippen LogP contribution in [0.1, 0.15) is 32.6 Å². The van der Waals surface area contributed by atoms with Crippen molar-refractivity contribution in [2.24, 2.45) is 5.16 Å². The minimum Gasteiger partial charge on any atom is -0.461 e. The van der Waals surface area contributed by atoms with Gasteiger partial charge in [0.15, 0.2) is 0 Å². The summed E-state index contributed by atoms with van der Waals surface area (Å²) < 4.78 is 4.75. The Morgan fingerprint density at radius 1 is 1.35 bits per heavy atom. The second kappa shape index (κ2) is 7.42. The number of carbonyl (C=O) groups excluding carboxylic acids is 2. The molecule has 0 saturated heterocycles. The van der Waals surface area contributed by atoms with Crippen molar-refractivity contribution >= 4 is 33.4 Å². The van der Waals surface area contributed by atoms with Crippen LogP contribution < -0.4 is 0 Å². The van der Waals surface area contributed by atoms with Gasteiger partial charge < -0.3 is 9.57 Å². The lowest BCUT2D eigenvalue weighted by Gasteiger charge is -2.08. The standard InChI is InChI=1S/C11H16BrNO4/c1-2-16-11(15)10(9(14)7-12)13-17-8-5-3-4-6-8/h8H,2-7H2,1H3/b13-10-. The average Bonchev–Trinajstić information content (AvgIpc) is 2.82. The third-order valence-corrected chi connectivity index (χ3v) is 2.96. The number of esters is 1. The highest BCUT2D eigenvalue weighted by atomic mass is 79.9. The number of halogens is 1. The van der Waals surface area contributed by atoms with Gasteiger partial charge in [-0.05, 0) is 32.6 Å². The zero-order valence-electron chi connectivity index (χ0n) is 9.78. The molecule has 0 atom stereocenters. The zero-order valence-corrected chi connectivity index (χ0v) is 11.4. The molecule has 0 aromatic heterocycles. The van der Waals surface area contributed by atoms with Gasteiger partial charge in [0.1, 0.15) is 6.10 Å². The van der Waals surface area contributed by atoms with Crippen molar-refractivity contribution in [3.63, 3.8) is 0 Å². The van der Waals surface area contributed by atoms with E-state index in [4.69, 9.17) is 9.57 Å². The number of oxime groups is 1. The number of Topliss-reactive ketones (excluding diaryl/α,β-unsaturated/α-hetero) is 1. The predicted octanol–water partition coefficient (Wildman–Crippen LogP) is 1.83. The van der Waals surface area contributed by atoms with Gasteiger partial charge in [-0.15, -0.1) is 0 Å². The van der Waals surface area contributed by atoms with Gasteiger partial charge in [0.2, 0.25) is 11.5 Å². The quantitative estimate of drug-likeness (QED) is 0.247. The highest BCUT2D eigenvalue weighted by molar-refractivity contribution is 9.09. The second-order valence-corrected chi connectivity index (χ2v) is 4.29. The molecule has 1 fully saturated rings. The smallest absolute Gasteiger partial charge is 0.364 e. The Morgan fingerprint density at radius 3 is 2.53 bits per heavy atom. The summed E-state index contributed by atoms with van der Waals surface area (Å²) in [7, 11) is 0. The van der Waals surface area contributed by atoms with Gasteiger partial charge >= 0.3 is 5.97 Å². The Kier molecular flexibility index (Phi) is 6.18. The fraction of sp³-hybridized carbons (Fsp3) is 0.727. The maximum Gasteiger partial charge on any atom is 0.364 e. The van der Waals surface area contributed by atoms with Crippen LogP contribution in [0.5, 0.6) is 0 Å². The normalized spacial score (nSPS) is 16.9. The van der Waals surface area contributed by atoms with E-state index in [-0.39, 0.29) is 23.8 Å². The van der Waals surface area contributed by atoms with Gasteiger partial charge in [-0.3, -0.25) is 4.79 Å². The maximum atomic E-state index is 11.5. The molecule has 1 aliphatic rings. The van der Waals surface area contributed by atoms with Crippen LogP contribution in [-0.4, -0.2) is 35.5 Å². The molecule has 0 unspecified atom stereocenters. The molecule has 5 nitrogen and oxygen atoms in total. The highest BCUT2D eigenvalue weighted by Gasteiger charge is 2.23. The van der Waals surface area contributed by atoms with Crippen LogP contribution in [0.3, 0.4) is 0 Å². The van der Waals surface area contributed by atoms with Crippen molar-refractivity contribution in [2.45, 2.75) is 38.7 Å². The predicted molar refractivity (Wildman–Crippen MR) is 66.2 cm³/mol. The molecule has 1 saturated carbocycles. The Morgan fingerprint density at radius 2 is 2.00 bits per heavy atom. The molecule has 0 radical (unpaired) electrons. The van der Waals surface area contributed by atoms with Gasteiger partial charge in [0, 0.05) is 0 Å². The van der Waals surface area contributed by atoms with Gasteiger partial charge in [0.25, 0.3) is 0 Å². The molecule has 0 spiro atoms. The molecule has 17 heavy (non-hydrogen) atoms. The maximum absolute atomic E-state index is 11.5. The molecule has 96 valence electrons. The largest absolute Gasteiger partial charge is 0.461 e. The third-order valence-electron chi connectivity index (χ3n) is 2.45. The first-order chi connectivity index (χ1) is 8.19. The van der Waals surface area contributed by atoms with E-state index in [1.807, 2.05) is 0 Å². The average molecular weight is 306 g/mol. The molecule has 0 aliphatic heterocycles. The molecule has 6 heteroatoms. The molecule has 0 amide bonds. The molecule has 0 aromatic carbocycles. The van der Waals surface area contributed by atoms with E-state index in [2.05, 4.69) is 21.1 Å². The van der Waals surface area contributed by atoms with Crippen LogP contribution in [-0.2, 0) is 19.2 Å². The lowest BCUT2D eigenvalue weighted by atomic mass is 10.3. The molecule has 0 aromatic rings. The van der Waals surface area contributed by atoms with Crippen molar-refractivity contribution in [3.05, 3.63) is 0 Å². The second-order valence-electron chi connectivity index (χ2n) is 3.73. The van der Waals surface area contributed by atoms with Crippen molar-refractivity contribution in [1.82, 2.24) is 0 Å². The lowest BCUT2D eigenvalue weighted by molar-refractivity contribution is -0.136. The summed E-state index contributed by atoms with van der Waals surface area (Å²) in [5, 5.41) is 3.68. The molecule has 1 rings (SSSR count). The van der Waals surface area contributed by atoms with Crippen LogP contribution in [0.25, 0.3) is 0 Å². The van der Waals surface area contributed by atoms with E-state index >= 15 is 0 Å². The van der Waals surface area contributed by atoms with Gasteiger partial charge in [-0.25, -0.2) is 4.79 Å². The Labute approximate surface area is 109 Å². The summed E-state index contributed by atoms with van der Waals surface area (Å²) in [4.78, 5) is 28.1. The number of nitrogens with zero attached hydrogens (tertiary/aromatic N) is 1. The fourth-order valence-electron chi connectivity index (χ4n) is 1.59. The molecular weight excluding hydrogens is 290 g/mol. The zero-order chi connectivity index (χ0) is 12.7. The molecule has 0 bridgehead atoms. The van der Waals surface area contributed by atoms with E-state index in [0.29, 0.717) is 0 Å². The summed E-state index contributed by atoms with van der Waals surface area (Å²) in [6, 6.07) is 0. The van der Waals surface area contributed by atoms with Crippen molar-refractivity contribution in [3.8, 4) is 0 Å². The number of hydrogen-bond acceptors (Lipinski definition) is 5. The van der Waals surface area contributed by atoms with Crippen molar-refractivity contribution in [1.29, 1.82) is 0 Å². The van der Waals surface area contributed by atoms with Gasteiger partial charge in [-0.2, -0.15) is 0 Å². The third kappa shape index (κ3) is 4.46. The first-order valence-corrected chi connectivity index (χ1v) is 6.81. The Balaban J connectivity index is 2.63. The van der Waals surface area contributed by atoms with Gasteiger partial charge in [0.05, 0.1) is 11.9 Å². The number of hydrogen-bond donors (Lipinski definition) is 0. The topological polar surface area (TPSA) is 65.0 Å². The van der Waals surface area contributed by atoms with E-state index in [0.717, 1.165) is 25.7 Å². The van der Waals surface area contributed by atoms with Crippen molar-refractivity contribution < 1.29 is 19.2 Å². The van der Waals surface area contributed by atoms with Crippen LogP contribution in [0, 0.1) is 0 Å². The Hall–Kier alpha value is -0.910. The van der Waals surface area contributed by atoms with Crippen LogP contribution in [0.4, 0.5) is 0 Å². The van der Waals surface area contributed by atoms with E-state index in [1.165, 1.54) is 0 Å². The van der Waals surface area contributed by atoms with E-state index in [1.54, 1.807) is 6.92 Å². The number of carbonyl (C=O) groups is 2. The minimum absolute atomic E-state index is 0.0163. The Bertz CT molecular complexity index is 311. The lowest BCUT2D eigenvalue weighted by Crippen LogP contribution is -2.28. The monoisotopic (exact) mass is 305 g/mol. The molecule has 1 aliphatic carbocycles. The molecule has 0 N–H and O–H groups in total. The summed E-state index contributed by atoms with van der Waals surface area (Å²) in [5.74, 6) is -1.16. The van der Waals surface area contributed by atoms with E-state index < -0.39 is 11.8 Å². The van der Waals surface area contributed by atoms with Crippen LogP contribution in [0.15, 0.2) is 5.16 Å². The summed E-state index contributed by atoms with van der Waals surface area (Å²) >= 11 is 2.99. The highest BCUT2D eigenvalue weighted by Crippen LogP contribution is 2.21. The van der Waals surface area contributed by atoms with Crippen molar-refractivity contribution in [2.75, 3.05) is 11.9 Å². The SMILES string of the molecule is CCOC(=O)/C(=N\OC1CCCC1)C(=O)CBr. The minimum atomic E-state index is -0.727. The van der Waals surface area contributed by atoms with Gasteiger partial charge in [-0.1, -0.05) is 21.1 Å². The summed E-state index contributed by atoms with van der Waals surface area (Å²) in [6.45, 7) is 1.88. The number of rotatable bonds is 6. The van der Waals surface area contributed by atoms with Crippen LogP contribution >= 0.6 is 15.9 Å². The summed E-state index contributed by atoms with van der Waals surface area (Å²) in [6.07, 6.45) is 4.05.